The third kappa shape index (κ3) is 3.58. The summed E-state index contributed by atoms with van der Waals surface area (Å²) in [6, 6.07) is 13.1. The molecule has 0 saturated carbocycles. The number of aromatic hydroxyl groups is 1. The van der Waals surface area contributed by atoms with Crippen LogP contribution in [-0.4, -0.2) is 36.9 Å². The first-order valence-electron chi connectivity index (χ1n) is 9.16. The molecule has 2 aromatic carbocycles. The number of benzene rings is 2. The molecule has 1 N–H and O–H groups in total. The molecule has 1 aliphatic heterocycles. The van der Waals surface area contributed by atoms with Crippen molar-refractivity contribution in [1.82, 2.24) is 14.6 Å². The summed E-state index contributed by atoms with van der Waals surface area (Å²) in [5.74, 6) is 1.36. The molecule has 0 bridgehead atoms. The first-order chi connectivity index (χ1) is 14.0. The Morgan fingerprint density at radius 1 is 1.10 bits per heavy atom. The van der Waals surface area contributed by atoms with Crippen LogP contribution >= 0.6 is 11.8 Å². The minimum atomic E-state index is -0.484. The second-order valence-electron chi connectivity index (χ2n) is 6.56. The maximum atomic E-state index is 12.5. The van der Waals surface area contributed by atoms with E-state index < -0.39 is 5.69 Å². The molecular formula is C21H19N5O2S. The summed E-state index contributed by atoms with van der Waals surface area (Å²) in [5, 5.41) is 14.9. The van der Waals surface area contributed by atoms with E-state index >= 15 is 0 Å². The van der Waals surface area contributed by atoms with Gasteiger partial charge in [-0.25, -0.2) is 14.8 Å². The fraction of sp³-hybridized carbons (Fsp3) is 0.190. The maximum absolute atomic E-state index is 12.5. The predicted octanol–water partition coefficient (Wildman–Crippen LogP) is 3.46. The number of hydrogen-bond donors (Lipinski definition) is 1. The number of aliphatic imine (C=N–C) groups is 1. The van der Waals surface area contributed by atoms with Gasteiger partial charge in [-0.1, -0.05) is 49.0 Å². The van der Waals surface area contributed by atoms with Crippen LogP contribution in [0.25, 0.3) is 0 Å². The molecule has 2 heterocycles. The van der Waals surface area contributed by atoms with Gasteiger partial charge in [0.25, 0.3) is 0 Å². The van der Waals surface area contributed by atoms with Crippen molar-refractivity contribution in [2.45, 2.75) is 25.9 Å². The van der Waals surface area contributed by atoms with Crippen LogP contribution in [0.3, 0.4) is 0 Å². The molecule has 0 unspecified atom stereocenters. The maximum Gasteiger partial charge on any atom is 0.372 e. The quantitative estimate of drug-likeness (QED) is 0.671. The van der Waals surface area contributed by atoms with Crippen LogP contribution < -0.4 is 5.69 Å². The lowest BCUT2D eigenvalue weighted by Crippen LogP contribution is -2.24. The van der Waals surface area contributed by atoms with Crippen LogP contribution in [0.5, 0.6) is 5.75 Å². The van der Waals surface area contributed by atoms with Gasteiger partial charge in [-0.3, -0.25) is 0 Å². The number of thioether (sulfide) groups is 1. The van der Waals surface area contributed by atoms with Gasteiger partial charge < -0.3 is 5.11 Å². The Bertz CT molecular complexity index is 1190. The molecular weight excluding hydrogens is 386 g/mol. The van der Waals surface area contributed by atoms with E-state index in [-0.39, 0.29) is 5.75 Å². The highest BCUT2D eigenvalue weighted by Crippen LogP contribution is 2.28. The number of phenols is 1. The Morgan fingerprint density at radius 2 is 1.79 bits per heavy atom. The number of aryl methyl sites for hydroxylation is 2. The molecule has 0 radical (unpaired) electrons. The first-order valence-corrected chi connectivity index (χ1v) is 10.1. The zero-order valence-electron chi connectivity index (χ0n) is 16.2. The molecule has 7 nitrogen and oxygen atoms in total. The van der Waals surface area contributed by atoms with Gasteiger partial charge in [-0.2, -0.15) is 14.8 Å². The molecule has 4 rings (SSSR count). The highest BCUT2D eigenvalue weighted by molar-refractivity contribution is 7.99. The van der Waals surface area contributed by atoms with Crippen molar-refractivity contribution >= 4 is 28.9 Å². The number of phenolic OH excluding ortho intramolecular Hbond substituents is 1. The molecule has 1 aromatic heterocycles. The summed E-state index contributed by atoms with van der Waals surface area (Å²) < 4.78 is 1.20. The molecule has 146 valence electrons. The topological polar surface area (TPSA) is 92.7 Å². The van der Waals surface area contributed by atoms with Crippen LogP contribution in [0, 0.1) is 13.8 Å². The number of hydrogen-bond acceptors (Lipinski definition) is 7. The van der Waals surface area contributed by atoms with E-state index in [2.05, 4.69) is 15.1 Å². The summed E-state index contributed by atoms with van der Waals surface area (Å²) >= 11 is 1.39. The Balaban J connectivity index is 1.94. The molecule has 0 fully saturated rings. The molecule has 8 heteroatoms. The highest BCUT2D eigenvalue weighted by Gasteiger charge is 2.28. The average molecular weight is 405 g/mol. The van der Waals surface area contributed by atoms with Gasteiger partial charge >= 0.3 is 5.69 Å². The lowest BCUT2D eigenvalue weighted by Gasteiger charge is -2.07. The highest BCUT2D eigenvalue weighted by atomic mass is 32.2. The molecule has 3 aromatic rings. The van der Waals surface area contributed by atoms with Crippen LogP contribution in [-0.2, 0) is 0 Å². The average Bonchev–Trinajstić information content (AvgIpc) is 3.06. The fourth-order valence-electron chi connectivity index (χ4n) is 3.09. The minimum absolute atomic E-state index is 0.248. The van der Waals surface area contributed by atoms with Crippen molar-refractivity contribution in [3.05, 3.63) is 75.5 Å². The number of fused-ring (bicyclic) bond motifs is 1. The Labute approximate surface area is 171 Å². The van der Waals surface area contributed by atoms with E-state index in [9.17, 15) is 9.90 Å². The van der Waals surface area contributed by atoms with Gasteiger partial charge in [0, 0.05) is 5.56 Å². The smallest absolute Gasteiger partial charge is 0.372 e. The largest absolute Gasteiger partial charge is 0.507 e. The Morgan fingerprint density at radius 3 is 2.45 bits per heavy atom. The normalized spacial score (nSPS) is 14.2. The minimum Gasteiger partial charge on any atom is -0.507 e. The second kappa shape index (κ2) is 7.63. The summed E-state index contributed by atoms with van der Waals surface area (Å²) in [4.78, 5) is 25.9. The van der Waals surface area contributed by atoms with Gasteiger partial charge in [-0.05, 0) is 42.9 Å². The number of nitrogens with zero attached hydrogens (tertiary/aromatic N) is 5. The van der Waals surface area contributed by atoms with Crippen LogP contribution in [0.4, 0.5) is 5.69 Å². The van der Waals surface area contributed by atoms with Gasteiger partial charge in [0.05, 0.1) is 5.69 Å². The standard InChI is InChI=1S/C21H19N5O2S/c1-4-29-20-23-19-17(22-15-10-12(2)18(27)13(3)11-15)16(14-8-6-5-7-9-14)25-26(19)21(28)24-20/h5-11,27H,4H2,1-3H3. The van der Waals surface area contributed by atoms with E-state index in [1.54, 1.807) is 12.1 Å². The second-order valence-corrected chi connectivity index (χ2v) is 7.79. The first kappa shape index (κ1) is 19.1. The van der Waals surface area contributed by atoms with Crippen LogP contribution in [0.15, 0.2) is 62.5 Å². The van der Waals surface area contributed by atoms with E-state index in [4.69, 9.17) is 4.99 Å². The SMILES string of the molecule is CCSc1nc2n(c(=O)n1)N=C(c1ccccc1)C2=Nc1cc(C)c(O)c(C)c1. The third-order valence-corrected chi connectivity index (χ3v) is 5.18. The summed E-state index contributed by atoms with van der Waals surface area (Å²) in [5.41, 5.74) is 3.50. The van der Waals surface area contributed by atoms with E-state index in [0.717, 1.165) is 22.4 Å². The zero-order valence-corrected chi connectivity index (χ0v) is 17.1. The van der Waals surface area contributed by atoms with Gasteiger partial charge in [0.2, 0.25) is 0 Å². The number of aromatic nitrogens is 3. The van der Waals surface area contributed by atoms with Crippen molar-refractivity contribution < 1.29 is 5.11 Å². The Kier molecular flexibility index (Phi) is 5.02. The van der Waals surface area contributed by atoms with Crippen LogP contribution in [0.1, 0.15) is 29.4 Å². The lowest BCUT2D eigenvalue weighted by molar-refractivity contribution is 0.467. The summed E-state index contributed by atoms with van der Waals surface area (Å²) in [6.45, 7) is 5.62. The molecule has 1 aliphatic rings. The summed E-state index contributed by atoms with van der Waals surface area (Å²) in [7, 11) is 0. The van der Waals surface area contributed by atoms with Gasteiger partial charge in [0.15, 0.2) is 11.0 Å². The lowest BCUT2D eigenvalue weighted by atomic mass is 10.1. The predicted molar refractivity (Wildman–Crippen MR) is 115 cm³/mol. The van der Waals surface area contributed by atoms with Crippen molar-refractivity contribution in [1.29, 1.82) is 0 Å². The van der Waals surface area contributed by atoms with Gasteiger partial charge in [0.1, 0.15) is 17.2 Å². The molecule has 0 spiro atoms. The molecule has 0 saturated heterocycles. The molecule has 29 heavy (non-hydrogen) atoms. The van der Waals surface area contributed by atoms with E-state index in [1.165, 1.54) is 16.4 Å². The Hall–Kier alpha value is -3.26. The summed E-state index contributed by atoms with van der Waals surface area (Å²) in [6.07, 6.45) is 0. The van der Waals surface area contributed by atoms with Crippen LogP contribution in [0.2, 0.25) is 0 Å². The van der Waals surface area contributed by atoms with Gasteiger partial charge in [-0.15, -0.1) is 0 Å². The molecule has 0 aliphatic carbocycles. The van der Waals surface area contributed by atoms with E-state index in [1.807, 2.05) is 51.1 Å². The van der Waals surface area contributed by atoms with E-state index in [0.29, 0.717) is 28.1 Å². The molecule has 0 amide bonds. The van der Waals surface area contributed by atoms with Crippen molar-refractivity contribution in [2.24, 2.45) is 10.1 Å². The third-order valence-electron chi connectivity index (χ3n) is 4.45. The number of rotatable bonds is 4. The van der Waals surface area contributed by atoms with Crippen molar-refractivity contribution in [3.8, 4) is 5.75 Å². The van der Waals surface area contributed by atoms with Crippen molar-refractivity contribution in [2.75, 3.05) is 5.75 Å². The van der Waals surface area contributed by atoms with Crippen molar-refractivity contribution in [3.63, 3.8) is 0 Å². The monoisotopic (exact) mass is 405 g/mol. The molecule has 0 atom stereocenters. The fourth-order valence-corrected chi connectivity index (χ4v) is 3.65. The zero-order chi connectivity index (χ0) is 20.5.